The second-order valence-electron chi connectivity index (χ2n) is 7.70. The van der Waals surface area contributed by atoms with E-state index in [1.165, 1.54) is 0 Å². The minimum absolute atomic E-state index is 0.124. The average Bonchev–Trinajstić information content (AvgIpc) is 3.09. The van der Waals surface area contributed by atoms with Gasteiger partial charge in [0.15, 0.2) is 12.0 Å². The van der Waals surface area contributed by atoms with Gasteiger partial charge in [0.25, 0.3) is 0 Å². The third kappa shape index (κ3) is 7.34. The van der Waals surface area contributed by atoms with Gasteiger partial charge >= 0.3 is 0 Å². The van der Waals surface area contributed by atoms with E-state index in [0.29, 0.717) is 13.2 Å². The molecule has 166 valence electrons. The molecule has 2 aromatic carbocycles. The van der Waals surface area contributed by atoms with Crippen molar-refractivity contribution in [2.45, 2.75) is 51.2 Å². The van der Waals surface area contributed by atoms with Crippen LogP contribution in [0.5, 0.6) is 5.75 Å². The Hall–Kier alpha value is -2.43. The number of rotatable bonds is 9. The van der Waals surface area contributed by atoms with Crippen molar-refractivity contribution in [3.05, 3.63) is 65.7 Å². The Morgan fingerprint density at radius 2 is 1.65 bits per heavy atom. The third-order valence-electron chi connectivity index (χ3n) is 4.75. The van der Waals surface area contributed by atoms with E-state index in [-0.39, 0.29) is 13.2 Å². The lowest BCUT2D eigenvalue weighted by Crippen LogP contribution is -2.35. The number of hydrogen-bond donors (Lipinski definition) is 0. The Kier molecular flexibility index (Phi) is 8.44. The van der Waals surface area contributed by atoms with Gasteiger partial charge in [0.2, 0.25) is 0 Å². The standard InChI is InChI=1S/C25H29FO5/c1-25(2)30-23(18-29-17-19-8-5-4-6-9-19)24(31-25)22(26)10-7-15-28-16-20-11-13-21(27-3)14-12-20/h4-6,8-9,11-14,22-24H,15-18H2,1-3H3/t22-,23-,24-/m0/s1. The number of halogens is 1. The van der Waals surface area contributed by atoms with E-state index in [2.05, 4.69) is 11.8 Å². The molecule has 3 rings (SSSR count). The fourth-order valence-electron chi connectivity index (χ4n) is 3.27. The first kappa shape index (κ1) is 23.2. The SMILES string of the molecule is COc1ccc(COCC#C[C@H](F)[C@@H]2OC(C)(C)O[C@H]2COCc2ccccc2)cc1. The fourth-order valence-corrected chi connectivity index (χ4v) is 3.27. The van der Waals surface area contributed by atoms with Crippen LogP contribution in [0.25, 0.3) is 0 Å². The minimum atomic E-state index is -1.50. The maximum absolute atomic E-state index is 14.8. The second-order valence-corrected chi connectivity index (χ2v) is 7.70. The largest absolute Gasteiger partial charge is 0.497 e. The summed E-state index contributed by atoms with van der Waals surface area (Å²) in [7, 11) is 1.62. The van der Waals surface area contributed by atoms with Crippen LogP contribution < -0.4 is 4.74 Å². The van der Waals surface area contributed by atoms with Gasteiger partial charge in [-0.1, -0.05) is 54.3 Å². The molecule has 5 nitrogen and oxygen atoms in total. The van der Waals surface area contributed by atoms with Crippen molar-refractivity contribution < 1.29 is 28.1 Å². The summed E-state index contributed by atoms with van der Waals surface area (Å²) in [4.78, 5) is 0. The van der Waals surface area contributed by atoms with Crippen molar-refractivity contribution in [3.8, 4) is 17.6 Å². The molecule has 0 N–H and O–H groups in total. The Labute approximate surface area is 183 Å². The first-order valence-electron chi connectivity index (χ1n) is 10.3. The minimum Gasteiger partial charge on any atom is -0.497 e. The van der Waals surface area contributed by atoms with Crippen LogP contribution in [0.4, 0.5) is 4.39 Å². The molecule has 31 heavy (non-hydrogen) atoms. The highest BCUT2D eigenvalue weighted by Gasteiger charge is 2.45. The molecule has 1 heterocycles. The predicted molar refractivity (Wildman–Crippen MR) is 115 cm³/mol. The maximum Gasteiger partial charge on any atom is 0.189 e. The summed E-state index contributed by atoms with van der Waals surface area (Å²) in [5.74, 6) is 5.22. The summed E-state index contributed by atoms with van der Waals surface area (Å²) in [5.41, 5.74) is 2.03. The predicted octanol–water partition coefficient (Wildman–Crippen LogP) is 4.29. The van der Waals surface area contributed by atoms with Crippen LogP contribution in [0.2, 0.25) is 0 Å². The molecule has 2 aromatic rings. The summed E-state index contributed by atoms with van der Waals surface area (Å²) in [5, 5.41) is 0. The normalized spacial score (nSPS) is 20.6. The molecule has 1 aliphatic heterocycles. The first-order valence-corrected chi connectivity index (χ1v) is 10.3. The smallest absolute Gasteiger partial charge is 0.189 e. The van der Waals surface area contributed by atoms with Gasteiger partial charge in [-0.3, -0.25) is 0 Å². The monoisotopic (exact) mass is 428 g/mol. The third-order valence-corrected chi connectivity index (χ3v) is 4.75. The van der Waals surface area contributed by atoms with Crippen molar-refractivity contribution in [3.63, 3.8) is 0 Å². The number of benzene rings is 2. The van der Waals surface area contributed by atoms with Gasteiger partial charge in [-0.25, -0.2) is 4.39 Å². The quantitative estimate of drug-likeness (QED) is 0.440. The van der Waals surface area contributed by atoms with Crippen molar-refractivity contribution in [2.24, 2.45) is 0 Å². The van der Waals surface area contributed by atoms with Gasteiger partial charge in [0.1, 0.15) is 24.6 Å². The molecule has 6 heteroatoms. The van der Waals surface area contributed by atoms with Crippen molar-refractivity contribution in [1.82, 2.24) is 0 Å². The van der Waals surface area contributed by atoms with Crippen LogP contribution in [0.15, 0.2) is 54.6 Å². The van der Waals surface area contributed by atoms with E-state index >= 15 is 0 Å². The summed E-state index contributed by atoms with van der Waals surface area (Å²) in [6.45, 7) is 4.68. The lowest BCUT2D eigenvalue weighted by atomic mass is 10.1. The molecule has 0 radical (unpaired) electrons. The highest BCUT2D eigenvalue weighted by molar-refractivity contribution is 5.26. The van der Waals surface area contributed by atoms with Crippen LogP contribution in [0.1, 0.15) is 25.0 Å². The molecule has 0 amide bonds. The Balaban J connectivity index is 1.46. The number of alkyl halides is 1. The van der Waals surface area contributed by atoms with Crippen molar-refractivity contribution in [1.29, 1.82) is 0 Å². The number of ether oxygens (including phenoxy) is 5. The van der Waals surface area contributed by atoms with E-state index in [9.17, 15) is 4.39 Å². The molecule has 1 aliphatic rings. The highest BCUT2D eigenvalue weighted by Crippen LogP contribution is 2.31. The molecule has 0 bridgehead atoms. The average molecular weight is 429 g/mol. The van der Waals surface area contributed by atoms with Crippen LogP contribution in [0.3, 0.4) is 0 Å². The fraction of sp³-hybridized carbons (Fsp3) is 0.440. The summed E-state index contributed by atoms with van der Waals surface area (Å²) < 4.78 is 42.7. The van der Waals surface area contributed by atoms with Crippen LogP contribution in [0, 0.1) is 11.8 Å². The molecular formula is C25H29FO5. The van der Waals surface area contributed by atoms with Crippen molar-refractivity contribution >= 4 is 0 Å². The zero-order chi connectivity index (χ0) is 22.1. The molecule has 0 aromatic heterocycles. The van der Waals surface area contributed by atoms with Gasteiger partial charge in [-0.05, 0) is 37.1 Å². The Bertz CT molecular complexity index is 857. The second kappa shape index (κ2) is 11.3. The lowest BCUT2D eigenvalue weighted by Gasteiger charge is -2.17. The van der Waals surface area contributed by atoms with Crippen LogP contribution >= 0.6 is 0 Å². The van der Waals surface area contributed by atoms with Crippen LogP contribution in [-0.4, -0.2) is 44.5 Å². The molecule has 1 fully saturated rings. The van der Waals surface area contributed by atoms with E-state index < -0.39 is 24.2 Å². The molecule has 0 saturated carbocycles. The van der Waals surface area contributed by atoms with Gasteiger partial charge in [-0.2, -0.15) is 0 Å². The maximum atomic E-state index is 14.8. The number of methoxy groups -OCH3 is 1. The molecule has 0 spiro atoms. The van der Waals surface area contributed by atoms with Gasteiger partial charge in [0.05, 0.1) is 26.9 Å². The van der Waals surface area contributed by atoms with Gasteiger partial charge < -0.3 is 23.7 Å². The van der Waals surface area contributed by atoms with E-state index in [1.807, 2.05) is 54.6 Å². The summed E-state index contributed by atoms with van der Waals surface area (Å²) in [6.07, 6.45) is -2.86. The van der Waals surface area contributed by atoms with E-state index in [4.69, 9.17) is 23.7 Å². The van der Waals surface area contributed by atoms with Crippen LogP contribution in [-0.2, 0) is 32.2 Å². The van der Waals surface area contributed by atoms with E-state index in [0.717, 1.165) is 16.9 Å². The van der Waals surface area contributed by atoms with E-state index in [1.54, 1.807) is 21.0 Å². The highest BCUT2D eigenvalue weighted by atomic mass is 19.1. The Morgan fingerprint density at radius 3 is 2.35 bits per heavy atom. The first-order chi connectivity index (χ1) is 15.0. The molecule has 0 aliphatic carbocycles. The number of hydrogen-bond acceptors (Lipinski definition) is 5. The zero-order valence-corrected chi connectivity index (χ0v) is 18.2. The van der Waals surface area contributed by atoms with Gasteiger partial charge in [-0.15, -0.1) is 0 Å². The molecule has 3 atom stereocenters. The lowest BCUT2D eigenvalue weighted by molar-refractivity contribution is -0.153. The molecular weight excluding hydrogens is 399 g/mol. The topological polar surface area (TPSA) is 46.2 Å². The molecule has 0 unspecified atom stereocenters. The zero-order valence-electron chi connectivity index (χ0n) is 18.2. The van der Waals surface area contributed by atoms with Crippen molar-refractivity contribution in [2.75, 3.05) is 20.3 Å². The molecule has 1 saturated heterocycles. The van der Waals surface area contributed by atoms with Gasteiger partial charge in [0, 0.05) is 0 Å². The Morgan fingerprint density at radius 1 is 0.968 bits per heavy atom. The summed E-state index contributed by atoms with van der Waals surface area (Å²) >= 11 is 0. The summed E-state index contributed by atoms with van der Waals surface area (Å²) in [6, 6.07) is 17.3.